The van der Waals surface area contributed by atoms with Crippen molar-refractivity contribution in [3.63, 3.8) is 0 Å². The van der Waals surface area contributed by atoms with Crippen LogP contribution in [0.15, 0.2) is 60.8 Å². The summed E-state index contributed by atoms with van der Waals surface area (Å²) in [6.45, 7) is 15.0. The topological polar surface area (TPSA) is 168 Å². The van der Waals surface area contributed by atoms with Gasteiger partial charge in [-0.05, 0) is 112 Å². The van der Waals surface area contributed by atoms with Gasteiger partial charge in [0.05, 0.1) is 35.6 Å². The average Bonchev–Trinajstić information content (AvgIpc) is 4.01. The Morgan fingerprint density at radius 3 is 2.32 bits per heavy atom. The number of amides is 4. The molecule has 4 aromatic rings. The highest BCUT2D eigenvalue weighted by atomic mass is 32.1. The number of nitrogens with zero attached hydrogens (tertiary/aromatic N) is 6. The number of hydrogen-bond acceptors (Lipinski definition) is 11. The number of rotatable bonds is 10. The molecule has 4 aliphatic rings. The first-order valence-electron chi connectivity index (χ1n) is 26.5. The van der Waals surface area contributed by atoms with Crippen molar-refractivity contribution in [2.45, 2.75) is 123 Å². The van der Waals surface area contributed by atoms with Crippen LogP contribution in [0.2, 0.25) is 0 Å². The Hall–Kier alpha value is -4.37. The van der Waals surface area contributed by atoms with Gasteiger partial charge in [-0.3, -0.25) is 38.9 Å². The molecule has 0 unspecified atom stereocenters. The van der Waals surface area contributed by atoms with Gasteiger partial charge in [0.1, 0.15) is 18.1 Å². The van der Waals surface area contributed by atoms with Gasteiger partial charge in [0.15, 0.2) is 0 Å². The third kappa shape index (κ3) is 15.2. The van der Waals surface area contributed by atoms with Crippen LogP contribution < -0.4 is 10.7 Å². The summed E-state index contributed by atoms with van der Waals surface area (Å²) in [6, 6.07) is 15.8. The average molecular weight is 1180 g/mol. The molecule has 0 radical (unpaired) electrons. The van der Waals surface area contributed by atoms with Gasteiger partial charge in [-0.15, -0.1) is 0 Å². The summed E-state index contributed by atoms with van der Waals surface area (Å²) in [6.07, 6.45) is 5.09. The molecule has 4 aliphatic heterocycles. The molecule has 16 nitrogen and oxygen atoms in total. The fourth-order valence-electron chi connectivity index (χ4n) is 11.4. The van der Waals surface area contributed by atoms with Crippen LogP contribution >= 0.6 is 67.5 Å². The number of aromatic nitrogens is 2. The second-order valence-electron chi connectivity index (χ2n) is 22.0. The summed E-state index contributed by atoms with van der Waals surface area (Å²) < 4.78 is 19.9. The summed E-state index contributed by atoms with van der Waals surface area (Å²) in [5, 5.41) is 5.61. The number of ether oxygens (including phenoxy) is 3. The van der Waals surface area contributed by atoms with E-state index in [-0.39, 0.29) is 111 Å². The zero-order valence-electron chi connectivity index (χ0n) is 47.6. The Balaban J connectivity index is 0.00000328. The van der Waals surface area contributed by atoms with E-state index in [1.165, 1.54) is 9.91 Å². The van der Waals surface area contributed by atoms with Crippen LogP contribution in [0.4, 0.5) is 0 Å². The molecule has 436 valence electrons. The van der Waals surface area contributed by atoms with Crippen molar-refractivity contribution in [1.29, 1.82) is 0 Å². The largest absolute Gasteiger partial charge is 0.464 e. The number of nitrogens with one attached hydrogen (secondary N) is 2. The molecule has 0 aliphatic carbocycles. The minimum Gasteiger partial charge on any atom is -0.464 e. The molecule has 8 rings (SSSR count). The maximum absolute atomic E-state index is 14.9. The first kappa shape index (κ1) is 68.9. The zero-order chi connectivity index (χ0) is 53.1. The van der Waals surface area contributed by atoms with Crippen LogP contribution in [0.3, 0.4) is 0 Å². The van der Waals surface area contributed by atoms with Crippen molar-refractivity contribution >= 4 is 108 Å². The molecule has 6 heterocycles. The number of fused-ring (bicyclic) bond motifs is 6. The Bertz CT molecular complexity index is 2830. The number of carbonyl (C=O) groups excluding carboxylic acids is 5. The van der Waals surface area contributed by atoms with E-state index in [9.17, 15) is 24.0 Å². The lowest BCUT2D eigenvalue weighted by Crippen LogP contribution is -2.62. The Morgan fingerprint density at radius 1 is 0.937 bits per heavy atom. The minimum atomic E-state index is -1.07. The minimum absolute atomic E-state index is 0. The summed E-state index contributed by atoms with van der Waals surface area (Å²) in [7, 11) is 7.24. The number of benzene rings is 2. The molecule has 2 aromatic heterocycles. The highest BCUT2D eigenvalue weighted by molar-refractivity contribution is 7.60. The number of hydrogen-bond donors (Lipinski definition) is 2. The van der Waals surface area contributed by atoms with Gasteiger partial charge in [0.25, 0.3) is 11.8 Å². The summed E-state index contributed by atoms with van der Waals surface area (Å²) >= 11 is 0. The Kier molecular flexibility index (Phi) is 25.8. The smallest absolute Gasteiger partial charge is 0.324 e. The van der Waals surface area contributed by atoms with Crippen molar-refractivity contribution in [3.05, 3.63) is 77.6 Å². The van der Waals surface area contributed by atoms with E-state index in [4.69, 9.17) is 19.2 Å². The number of hydrazine groups is 1. The lowest BCUT2D eigenvalue weighted by molar-refractivity contribution is -0.155. The normalized spacial score (nSPS) is 20.5. The fraction of sp³-hybridized carbons (Fsp3) is 0.552. The summed E-state index contributed by atoms with van der Waals surface area (Å²) in [4.78, 5) is 81.4. The third-order valence-corrected chi connectivity index (χ3v) is 15.7. The number of methoxy groups -OCH3 is 1. The number of carbonyl (C=O) groups is 5. The monoisotopic (exact) mass is 1180 g/mol. The van der Waals surface area contributed by atoms with Crippen LogP contribution in [0.5, 0.6) is 0 Å². The Labute approximate surface area is 502 Å². The van der Waals surface area contributed by atoms with Crippen LogP contribution in [0.25, 0.3) is 33.3 Å². The molecule has 0 saturated carbocycles. The lowest BCUT2D eigenvalue weighted by atomic mass is 9.84. The van der Waals surface area contributed by atoms with Gasteiger partial charge < -0.3 is 33.9 Å². The number of cyclic esters (lactones) is 1. The van der Waals surface area contributed by atoms with Crippen molar-refractivity contribution < 1.29 is 38.2 Å². The molecule has 3 saturated heterocycles. The predicted molar refractivity (Wildman–Crippen MR) is 336 cm³/mol. The molecule has 4 amide bonds. The third-order valence-electron chi connectivity index (χ3n) is 15.7. The molecule has 2 aromatic carbocycles. The number of esters is 1. The molecule has 79 heavy (non-hydrogen) atoms. The van der Waals surface area contributed by atoms with Crippen LogP contribution in [0.1, 0.15) is 96.6 Å². The predicted octanol–water partition coefficient (Wildman–Crippen LogP) is 6.76. The highest BCUT2D eigenvalue weighted by Crippen LogP contribution is 2.42. The molecule has 6 bridgehead atoms. The van der Waals surface area contributed by atoms with Crippen molar-refractivity contribution in [2.75, 3.05) is 67.7 Å². The molecule has 21 heteroatoms. The number of pyridine rings is 1. The molecule has 0 spiro atoms. The number of aryl methyl sites for hydroxylation is 1. The lowest BCUT2D eigenvalue weighted by Gasteiger charge is -2.38. The highest BCUT2D eigenvalue weighted by Gasteiger charge is 2.41. The zero-order valence-corrected chi connectivity index (χ0v) is 52.6. The van der Waals surface area contributed by atoms with Gasteiger partial charge in [-0.2, -0.15) is 67.5 Å². The van der Waals surface area contributed by atoms with Gasteiger partial charge in [-0.1, -0.05) is 63.9 Å². The summed E-state index contributed by atoms with van der Waals surface area (Å²) in [5.41, 5.74) is 10.00. The van der Waals surface area contributed by atoms with Crippen molar-refractivity contribution in [3.8, 4) is 34.2 Å². The molecular formula is C58H86N8O8S5. The van der Waals surface area contributed by atoms with E-state index in [0.717, 1.165) is 50.1 Å². The van der Waals surface area contributed by atoms with Gasteiger partial charge in [0.2, 0.25) is 11.8 Å². The van der Waals surface area contributed by atoms with Crippen LogP contribution in [0, 0.1) is 29.1 Å². The molecule has 2 N–H and O–H groups in total. The fourth-order valence-corrected chi connectivity index (χ4v) is 11.4. The van der Waals surface area contributed by atoms with E-state index in [1.54, 1.807) is 25.3 Å². The van der Waals surface area contributed by atoms with E-state index in [1.807, 2.05) is 58.0 Å². The first-order valence-corrected chi connectivity index (χ1v) is 26.5. The maximum Gasteiger partial charge on any atom is 0.324 e. The van der Waals surface area contributed by atoms with Gasteiger partial charge in [-0.25, -0.2) is 5.43 Å². The summed E-state index contributed by atoms with van der Waals surface area (Å²) in [5.74, 6) is 3.35. The Morgan fingerprint density at radius 2 is 1.65 bits per heavy atom. The van der Waals surface area contributed by atoms with E-state index in [2.05, 4.69) is 84.3 Å². The standard InChI is InChI=1S/C58H76N8O8.5H2S/c1-11-65-48-20-19-41-33-44(48)45(52(65)43-17-13-26-59-50(43)38(4)72-10)34-57(5,6)36-74-56(71)46-18-14-27-66(61-46)55(70)47(32-39-15-12-16-40(41)31-39)60-53(68)51(37(2)3)63(9)54(69)42-22-28-64(35-42)49(67)21-23-58(62(7)8)24-29-73-30-25-58;;;;;/h12-13,15-17,19-20,26,31,33,37-38,42,46-47,51,61H,11,14,18,22,24-25,27-30,32,34-36H2,1-10H3,(H,60,68);5*1H2/t38-,42-,46-,47-,51-;;;;;/m0...../s1. The van der Waals surface area contributed by atoms with E-state index >= 15 is 0 Å². The molecular weight excluding hydrogens is 1100 g/mol. The van der Waals surface area contributed by atoms with Crippen molar-refractivity contribution in [2.24, 2.45) is 17.3 Å². The van der Waals surface area contributed by atoms with E-state index < -0.39 is 52.8 Å². The second kappa shape index (κ2) is 29.6. The molecule has 5 atom stereocenters. The maximum atomic E-state index is 14.9. The van der Waals surface area contributed by atoms with Gasteiger partial charge >= 0.3 is 5.97 Å². The van der Waals surface area contributed by atoms with Crippen molar-refractivity contribution in [1.82, 2.24) is 40.0 Å². The first-order chi connectivity index (χ1) is 35.3. The quantitative estimate of drug-likeness (QED) is 0.127. The van der Waals surface area contributed by atoms with Crippen LogP contribution in [-0.4, -0.2) is 150 Å². The SMILES string of the molecule is CCn1c(-c2cccnc2[C@H](C)OC)c2c3cc(ccc31)-c1cccc(c1)C[C@H](NC(=O)[C@H](C(C)C)N(C)C(=O)[C@H]1CCN(C(=O)C#CC3(N(C)C)CCOCC3)C1)C(=O)N1CCC[C@H](N1)C(=O)OCC(C)(C)C2.S.S.S.S.S. The second-order valence-corrected chi connectivity index (χ2v) is 22.0. The van der Waals surface area contributed by atoms with Gasteiger partial charge in [0, 0.05) is 101 Å². The van der Waals surface area contributed by atoms with E-state index in [0.29, 0.717) is 71.4 Å². The number of likely N-dealkylation sites (tertiary alicyclic amines) is 1. The molecule has 3 fully saturated rings. The van der Waals surface area contributed by atoms with Crippen LogP contribution in [-0.2, 0) is 57.6 Å². The number of likely N-dealkylation sites (N-methyl/N-ethyl adjacent to an activating group) is 1.